The van der Waals surface area contributed by atoms with E-state index in [4.69, 9.17) is 19.4 Å². The minimum Gasteiger partial charge on any atom is -0.453 e. The van der Waals surface area contributed by atoms with E-state index in [-0.39, 0.29) is 0 Å². The second kappa shape index (κ2) is 10.8. The van der Waals surface area contributed by atoms with Crippen molar-refractivity contribution in [2.75, 3.05) is 4.90 Å². The summed E-state index contributed by atoms with van der Waals surface area (Å²) < 4.78 is 14.9. The Balaban J connectivity index is 1.25. The molecule has 8 aromatic rings. The molecular formula is C44H28N4O2. The van der Waals surface area contributed by atoms with E-state index < -0.39 is 0 Å². The highest BCUT2D eigenvalue weighted by Gasteiger charge is 2.36. The van der Waals surface area contributed by atoms with Gasteiger partial charge in [-0.2, -0.15) is 0 Å². The van der Waals surface area contributed by atoms with Gasteiger partial charge in [0, 0.05) is 28.0 Å². The molecule has 6 heteroatoms. The summed E-state index contributed by atoms with van der Waals surface area (Å²) >= 11 is 0. The lowest BCUT2D eigenvalue weighted by Crippen LogP contribution is -2.30. The van der Waals surface area contributed by atoms with Gasteiger partial charge in [0.2, 0.25) is 5.95 Å². The molecule has 10 rings (SSSR count). The van der Waals surface area contributed by atoms with Crippen molar-refractivity contribution in [3.8, 4) is 40.0 Å². The van der Waals surface area contributed by atoms with Crippen LogP contribution in [0.3, 0.4) is 0 Å². The lowest BCUT2D eigenvalue weighted by molar-refractivity contribution is 0.387. The summed E-state index contributed by atoms with van der Waals surface area (Å²) in [5.74, 6) is 3.05. The second-order valence-corrected chi connectivity index (χ2v) is 12.4. The first-order valence-electron chi connectivity index (χ1n) is 16.5. The molecule has 50 heavy (non-hydrogen) atoms. The zero-order valence-corrected chi connectivity index (χ0v) is 26.9. The van der Waals surface area contributed by atoms with Crippen LogP contribution >= 0.6 is 0 Å². The Bertz CT molecular complexity index is 2760. The SMILES string of the molecule is C=CC1=C2C(=C)Oc3ccccc3N2c2cc3c4ccccc4n(-c4nc(-c5ccccc5)cc(-c5ccc6ccccc6c5)n4)c3cc2O1. The predicted molar refractivity (Wildman–Crippen MR) is 201 cm³/mol. The van der Waals surface area contributed by atoms with E-state index in [1.54, 1.807) is 6.08 Å². The van der Waals surface area contributed by atoms with Crippen molar-refractivity contribution in [2.24, 2.45) is 0 Å². The lowest BCUT2D eigenvalue weighted by Gasteiger charge is -2.38. The van der Waals surface area contributed by atoms with Gasteiger partial charge in [0.05, 0.1) is 33.8 Å². The maximum atomic E-state index is 6.58. The predicted octanol–water partition coefficient (Wildman–Crippen LogP) is 10.9. The van der Waals surface area contributed by atoms with Crippen LogP contribution in [0, 0.1) is 0 Å². The maximum absolute atomic E-state index is 6.58. The van der Waals surface area contributed by atoms with Gasteiger partial charge in [-0.1, -0.05) is 110 Å². The lowest BCUT2D eigenvalue weighted by atomic mass is 10.0. The molecule has 0 unspecified atom stereocenters. The van der Waals surface area contributed by atoms with Crippen LogP contribution in [-0.4, -0.2) is 14.5 Å². The minimum atomic E-state index is 0.499. The molecule has 6 nitrogen and oxygen atoms in total. The molecule has 0 saturated heterocycles. The Morgan fingerprint density at radius 1 is 0.560 bits per heavy atom. The molecule has 236 valence electrons. The molecule has 4 heterocycles. The van der Waals surface area contributed by atoms with Gasteiger partial charge in [-0.15, -0.1) is 0 Å². The number of hydrogen-bond acceptors (Lipinski definition) is 5. The number of nitrogens with zero attached hydrogens (tertiary/aromatic N) is 4. The molecule has 0 bridgehead atoms. The molecule has 0 spiro atoms. The van der Waals surface area contributed by atoms with Gasteiger partial charge in [-0.05, 0) is 53.2 Å². The molecule has 0 saturated carbocycles. The molecule has 2 aliphatic rings. The van der Waals surface area contributed by atoms with Gasteiger partial charge in [-0.3, -0.25) is 9.47 Å². The molecule has 0 amide bonds. The Labute approximate surface area is 288 Å². The largest absolute Gasteiger partial charge is 0.453 e. The molecule has 0 radical (unpaired) electrons. The van der Waals surface area contributed by atoms with Crippen molar-refractivity contribution in [3.63, 3.8) is 0 Å². The fourth-order valence-electron chi connectivity index (χ4n) is 7.20. The normalized spacial score (nSPS) is 13.5. The number of aromatic nitrogens is 3. The van der Waals surface area contributed by atoms with E-state index in [1.165, 1.54) is 5.39 Å². The molecular weight excluding hydrogens is 617 g/mol. The monoisotopic (exact) mass is 644 g/mol. The Kier molecular flexibility index (Phi) is 6.08. The Hall–Kier alpha value is -6.92. The summed E-state index contributed by atoms with van der Waals surface area (Å²) in [4.78, 5) is 12.7. The second-order valence-electron chi connectivity index (χ2n) is 12.4. The van der Waals surface area contributed by atoms with Crippen LogP contribution in [0.5, 0.6) is 11.5 Å². The van der Waals surface area contributed by atoms with Crippen LogP contribution in [-0.2, 0) is 0 Å². The first kappa shape index (κ1) is 28.1. The highest BCUT2D eigenvalue weighted by molar-refractivity contribution is 6.11. The fraction of sp³-hybridized carbons (Fsp3) is 0. The zero-order chi connectivity index (χ0) is 33.3. The average Bonchev–Trinajstić information content (AvgIpc) is 3.49. The van der Waals surface area contributed by atoms with Gasteiger partial charge >= 0.3 is 0 Å². The van der Waals surface area contributed by atoms with E-state index in [0.29, 0.717) is 23.2 Å². The van der Waals surface area contributed by atoms with E-state index >= 15 is 0 Å². The van der Waals surface area contributed by atoms with Gasteiger partial charge in [0.25, 0.3) is 0 Å². The highest BCUT2D eigenvalue weighted by Crippen LogP contribution is 2.52. The summed E-state index contributed by atoms with van der Waals surface area (Å²) in [5.41, 5.74) is 8.14. The third kappa shape index (κ3) is 4.22. The van der Waals surface area contributed by atoms with E-state index in [1.807, 2.05) is 42.5 Å². The van der Waals surface area contributed by atoms with Crippen LogP contribution in [0.15, 0.2) is 176 Å². The molecule has 6 aromatic carbocycles. The van der Waals surface area contributed by atoms with Crippen LogP contribution in [0.1, 0.15) is 0 Å². The molecule has 0 aliphatic carbocycles. The molecule has 2 aliphatic heterocycles. The third-order valence-electron chi connectivity index (χ3n) is 9.49. The minimum absolute atomic E-state index is 0.499. The number of hydrogen-bond donors (Lipinski definition) is 0. The summed E-state index contributed by atoms with van der Waals surface area (Å²) in [6.07, 6.45) is 1.70. The number of anilines is 2. The van der Waals surface area contributed by atoms with Crippen LogP contribution in [0.2, 0.25) is 0 Å². The Morgan fingerprint density at radius 3 is 2.16 bits per heavy atom. The van der Waals surface area contributed by atoms with Crippen LogP contribution < -0.4 is 14.4 Å². The highest BCUT2D eigenvalue weighted by atomic mass is 16.5. The van der Waals surface area contributed by atoms with Gasteiger partial charge in [-0.25, -0.2) is 9.97 Å². The van der Waals surface area contributed by atoms with E-state index in [2.05, 4.69) is 120 Å². The van der Waals surface area contributed by atoms with Gasteiger partial charge in [0.1, 0.15) is 11.5 Å². The summed E-state index contributed by atoms with van der Waals surface area (Å²) in [5, 5.41) is 4.46. The van der Waals surface area contributed by atoms with Crippen molar-refractivity contribution in [1.29, 1.82) is 0 Å². The standard InChI is InChI=1S/C44H28N4O2/c1-3-40-43-27(2)49-41-20-12-11-19-37(41)47(43)39-24-33-32-17-9-10-18-36(32)48(38(33)26-42(39)50-40)44-45-34(29-14-5-4-6-15-29)25-35(46-44)31-22-21-28-13-7-8-16-30(28)23-31/h3-26H,1-2H2. The van der Waals surface area contributed by atoms with Gasteiger partial charge < -0.3 is 9.47 Å². The topological polar surface area (TPSA) is 52.4 Å². The first-order valence-corrected chi connectivity index (χ1v) is 16.5. The number of rotatable bonds is 4. The number of allylic oxidation sites excluding steroid dienone is 1. The van der Waals surface area contributed by atoms with Crippen molar-refractivity contribution < 1.29 is 9.47 Å². The third-order valence-corrected chi connectivity index (χ3v) is 9.49. The zero-order valence-electron chi connectivity index (χ0n) is 26.9. The van der Waals surface area contributed by atoms with Crippen LogP contribution in [0.4, 0.5) is 11.4 Å². The van der Waals surface area contributed by atoms with Crippen LogP contribution in [0.25, 0.3) is 61.0 Å². The van der Waals surface area contributed by atoms with Crippen molar-refractivity contribution in [3.05, 3.63) is 176 Å². The average molecular weight is 645 g/mol. The fourth-order valence-corrected chi connectivity index (χ4v) is 7.20. The van der Waals surface area contributed by atoms with Gasteiger partial charge in [0.15, 0.2) is 17.3 Å². The number of para-hydroxylation sites is 3. The summed E-state index contributed by atoms with van der Waals surface area (Å²) in [7, 11) is 0. The number of fused-ring (bicyclic) bond motifs is 9. The Morgan fingerprint density at radius 2 is 1.30 bits per heavy atom. The van der Waals surface area contributed by atoms with E-state index in [9.17, 15) is 0 Å². The molecule has 0 N–H and O–H groups in total. The quantitative estimate of drug-likeness (QED) is 0.191. The summed E-state index contributed by atoms with van der Waals surface area (Å²) in [6.45, 7) is 8.30. The smallest absolute Gasteiger partial charge is 0.235 e. The van der Waals surface area contributed by atoms with Crippen molar-refractivity contribution in [2.45, 2.75) is 0 Å². The molecule has 0 fully saturated rings. The molecule has 0 atom stereocenters. The van der Waals surface area contributed by atoms with E-state index in [0.717, 1.165) is 72.5 Å². The van der Waals surface area contributed by atoms with Crippen molar-refractivity contribution in [1.82, 2.24) is 14.5 Å². The number of benzene rings is 6. The molecule has 2 aromatic heterocycles. The summed E-state index contributed by atoms with van der Waals surface area (Å²) in [6, 6.07) is 47.8. The number of ether oxygens (including phenoxy) is 2. The first-order chi connectivity index (χ1) is 24.6. The maximum Gasteiger partial charge on any atom is 0.235 e. The van der Waals surface area contributed by atoms with Crippen molar-refractivity contribution >= 4 is 44.0 Å².